The SMILES string of the molecule is OC(Cc1cncs1)C(O)C1CCCCC1. The highest BCUT2D eigenvalue weighted by Crippen LogP contribution is 2.28. The van der Waals surface area contributed by atoms with E-state index >= 15 is 0 Å². The van der Waals surface area contributed by atoms with Crippen LogP contribution in [0.2, 0.25) is 0 Å². The van der Waals surface area contributed by atoms with E-state index in [1.165, 1.54) is 30.6 Å². The number of aromatic nitrogens is 1. The van der Waals surface area contributed by atoms with Crippen molar-refractivity contribution in [3.05, 3.63) is 16.6 Å². The molecular formula is C12H19NO2S. The summed E-state index contributed by atoms with van der Waals surface area (Å²) in [6.07, 6.45) is 6.86. The van der Waals surface area contributed by atoms with Crippen LogP contribution in [0.5, 0.6) is 0 Å². The molecule has 1 saturated carbocycles. The standard InChI is InChI=1S/C12H19NO2S/c14-11(6-10-7-13-8-16-10)12(15)9-4-2-1-3-5-9/h7-9,11-12,14-15H,1-6H2. The van der Waals surface area contributed by atoms with E-state index in [4.69, 9.17) is 0 Å². The molecule has 2 atom stereocenters. The molecule has 1 heterocycles. The zero-order valence-corrected chi connectivity index (χ0v) is 10.2. The van der Waals surface area contributed by atoms with Crippen molar-refractivity contribution in [1.82, 2.24) is 4.98 Å². The van der Waals surface area contributed by atoms with Crippen molar-refractivity contribution in [2.75, 3.05) is 0 Å². The number of nitrogens with zero attached hydrogens (tertiary/aromatic N) is 1. The molecule has 2 unspecified atom stereocenters. The zero-order valence-electron chi connectivity index (χ0n) is 9.38. The molecule has 1 aromatic heterocycles. The number of aliphatic hydroxyl groups is 2. The molecule has 2 N–H and O–H groups in total. The summed E-state index contributed by atoms with van der Waals surface area (Å²) in [4.78, 5) is 5.02. The third-order valence-corrected chi connectivity index (χ3v) is 4.22. The smallest absolute Gasteiger partial charge is 0.0850 e. The number of rotatable bonds is 4. The summed E-state index contributed by atoms with van der Waals surface area (Å²) < 4.78 is 0. The molecule has 2 rings (SSSR count). The van der Waals surface area contributed by atoms with Crippen molar-refractivity contribution < 1.29 is 10.2 Å². The van der Waals surface area contributed by atoms with Crippen molar-refractivity contribution in [2.45, 2.75) is 50.7 Å². The summed E-state index contributed by atoms with van der Waals surface area (Å²) in [5.74, 6) is 0.289. The Morgan fingerprint density at radius 1 is 1.31 bits per heavy atom. The van der Waals surface area contributed by atoms with Gasteiger partial charge >= 0.3 is 0 Å². The maximum atomic E-state index is 10.1. The van der Waals surface area contributed by atoms with Gasteiger partial charge in [-0.2, -0.15) is 0 Å². The Morgan fingerprint density at radius 2 is 2.06 bits per heavy atom. The predicted molar refractivity (Wildman–Crippen MR) is 64.4 cm³/mol. The molecule has 0 aliphatic heterocycles. The highest BCUT2D eigenvalue weighted by molar-refractivity contribution is 7.09. The Bertz CT molecular complexity index is 296. The van der Waals surface area contributed by atoms with Gasteiger partial charge in [0.25, 0.3) is 0 Å². The summed E-state index contributed by atoms with van der Waals surface area (Å²) in [6.45, 7) is 0. The van der Waals surface area contributed by atoms with Crippen LogP contribution in [0, 0.1) is 5.92 Å². The monoisotopic (exact) mass is 241 g/mol. The number of hydrogen-bond donors (Lipinski definition) is 2. The quantitative estimate of drug-likeness (QED) is 0.847. The molecule has 1 fully saturated rings. The van der Waals surface area contributed by atoms with Crippen LogP contribution in [0.1, 0.15) is 37.0 Å². The van der Waals surface area contributed by atoms with Crippen LogP contribution >= 0.6 is 11.3 Å². The average molecular weight is 241 g/mol. The topological polar surface area (TPSA) is 53.4 Å². The summed E-state index contributed by atoms with van der Waals surface area (Å²) in [7, 11) is 0. The number of hydrogen-bond acceptors (Lipinski definition) is 4. The lowest BCUT2D eigenvalue weighted by Gasteiger charge is -2.29. The molecule has 16 heavy (non-hydrogen) atoms. The second-order valence-electron chi connectivity index (χ2n) is 4.63. The molecule has 0 spiro atoms. The van der Waals surface area contributed by atoms with Gasteiger partial charge in [0.2, 0.25) is 0 Å². The minimum absolute atomic E-state index is 0.289. The molecule has 0 aromatic carbocycles. The van der Waals surface area contributed by atoms with Gasteiger partial charge in [0.05, 0.1) is 17.7 Å². The predicted octanol–water partition coefficient (Wildman–Crippen LogP) is 1.99. The first-order chi connectivity index (χ1) is 7.77. The number of thiazole rings is 1. The minimum Gasteiger partial charge on any atom is -0.390 e. The molecule has 1 aromatic rings. The summed E-state index contributed by atoms with van der Waals surface area (Å²) >= 11 is 1.53. The van der Waals surface area contributed by atoms with Gasteiger partial charge in [0, 0.05) is 17.5 Å². The second-order valence-corrected chi connectivity index (χ2v) is 5.60. The largest absolute Gasteiger partial charge is 0.390 e. The zero-order chi connectivity index (χ0) is 11.4. The fourth-order valence-corrected chi connectivity index (χ4v) is 3.11. The highest BCUT2D eigenvalue weighted by Gasteiger charge is 2.27. The van der Waals surface area contributed by atoms with E-state index in [9.17, 15) is 10.2 Å². The lowest BCUT2D eigenvalue weighted by atomic mass is 9.83. The Kier molecular flexibility index (Phi) is 4.32. The third-order valence-electron chi connectivity index (χ3n) is 3.42. The minimum atomic E-state index is -0.636. The lowest BCUT2D eigenvalue weighted by Crippen LogP contribution is -2.35. The van der Waals surface area contributed by atoms with Crippen LogP contribution in [0.25, 0.3) is 0 Å². The fraction of sp³-hybridized carbons (Fsp3) is 0.750. The van der Waals surface area contributed by atoms with Crippen LogP contribution in [0.4, 0.5) is 0 Å². The lowest BCUT2D eigenvalue weighted by molar-refractivity contribution is -0.0260. The van der Waals surface area contributed by atoms with Gasteiger partial charge in [0.15, 0.2) is 0 Å². The first-order valence-electron chi connectivity index (χ1n) is 6.01. The molecule has 0 saturated heterocycles. The maximum absolute atomic E-state index is 10.1. The van der Waals surface area contributed by atoms with Crippen molar-refractivity contribution in [2.24, 2.45) is 5.92 Å². The van der Waals surface area contributed by atoms with Gasteiger partial charge < -0.3 is 10.2 Å². The van der Waals surface area contributed by atoms with Crippen molar-refractivity contribution in [3.63, 3.8) is 0 Å². The summed E-state index contributed by atoms with van der Waals surface area (Å²) in [6, 6.07) is 0. The first-order valence-corrected chi connectivity index (χ1v) is 6.89. The van der Waals surface area contributed by atoms with E-state index in [-0.39, 0.29) is 5.92 Å². The van der Waals surface area contributed by atoms with Gasteiger partial charge in [-0.3, -0.25) is 4.98 Å². The molecule has 3 nitrogen and oxygen atoms in total. The van der Waals surface area contributed by atoms with Crippen LogP contribution in [-0.2, 0) is 6.42 Å². The first kappa shape index (κ1) is 12.0. The highest BCUT2D eigenvalue weighted by atomic mass is 32.1. The Hall–Kier alpha value is -0.450. The molecule has 0 radical (unpaired) electrons. The molecule has 0 bridgehead atoms. The van der Waals surface area contributed by atoms with Crippen LogP contribution in [-0.4, -0.2) is 27.4 Å². The van der Waals surface area contributed by atoms with Gasteiger partial charge in [0.1, 0.15) is 0 Å². The van der Waals surface area contributed by atoms with Gasteiger partial charge in [-0.05, 0) is 18.8 Å². The molecule has 0 amide bonds. The van der Waals surface area contributed by atoms with Crippen LogP contribution in [0.15, 0.2) is 11.7 Å². The molecular weight excluding hydrogens is 222 g/mol. The van der Waals surface area contributed by atoms with Gasteiger partial charge in [-0.1, -0.05) is 19.3 Å². The van der Waals surface area contributed by atoms with E-state index in [1.54, 1.807) is 11.7 Å². The molecule has 1 aliphatic rings. The average Bonchev–Trinajstić information content (AvgIpc) is 2.82. The van der Waals surface area contributed by atoms with Crippen molar-refractivity contribution in [3.8, 4) is 0 Å². The van der Waals surface area contributed by atoms with E-state index in [0.717, 1.165) is 17.7 Å². The maximum Gasteiger partial charge on any atom is 0.0850 e. The number of aliphatic hydroxyl groups excluding tert-OH is 2. The van der Waals surface area contributed by atoms with Crippen LogP contribution in [0.3, 0.4) is 0 Å². The Labute approximate surface area is 100 Å². The van der Waals surface area contributed by atoms with Gasteiger partial charge in [-0.25, -0.2) is 0 Å². The van der Waals surface area contributed by atoms with E-state index in [2.05, 4.69) is 4.98 Å². The van der Waals surface area contributed by atoms with Crippen molar-refractivity contribution in [1.29, 1.82) is 0 Å². The Balaban J connectivity index is 1.85. The van der Waals surface area contributed by atoms with Gasteiger partial charge in [-0.15, -0.1) is 11.3 Å². The fourth-order valence-electron chi connectivity index (χ4n) is 2.46. The molecule has 4 heteroatoms. The van der Waals surface area contributed by atoms with E-state index in [1.807, 2.05) is 0 Å². The third kappa shape index (κ3) is 3.03. The normalized spacial score (nSPS) is 21.9. The molecule has 90 valence electrons. The van der Waals surface area contributed by atoms with Crippen molar-refractivity contribution >= 4 is 11.3 Å². The molecule has 1 aliphatic carbocycles. The Morgan fingerprint density at radius 3 is 2.69 bits per heavy atom. The van der Waals surface area contributed by atoms with Crippen LogP contribution < -0.4 is 0 Å². The van der Waals surface area contributed by atoms with E-state index < -0.39 is 12.2 Å². The second kappa shape index (κ2) is 5.75. The summed E-state index contributed by atoms with van der Waals surface area (Å²) in [5.41, 5.74) is 1.76. The van der Waals surface area contributed by atoms with E-state index in [0.29, 0.717) is 6.42 Å². The summed E-state index contributed by atoms with van der Waals surface area (Å²) in [5, 5.41) is 20.0.